The van der Waals surface area contributed by atoms with Gasteiger partial charge in [-0.15, -0.1) is 0 Å². The molecule has 0 radical (unpaired) electrons. The maximum absolute atomic E-state index is 14.0. The number of benzene rings is 3. The van der Waals surface area contributed by atoms with E-state index >= 15 is 0 Å². The number of aliphatic hydroxyl groups excluding tert-OH is 1. The molecule has 0 aliphatic carbocycles. The van der Waals surface area contributed by atoms with Gasteiger partial charge in [-0.05, 0) is 60.7 Å². The predicted molar refractivity (Wildman–Crippen MR) is 208 cm³/mol. The first-order chi connectivity index (χ1) is 28.1. The number of ether oxygens (including phenoxy) is 5. The van der Waals surface area contributed by atoms with Crippen LogP contribution in [-0.4, -0.2) is 93.5 Å². The second-order valence-electron chi connectivity index (χ2n) is 13.1. The van der Waals surface area contributed by atoms with Crippen LogP contribution in [0.2, 0.25) is 0 Å². The van der Waals surface area contributed by atoms with Crippen molar-refractivity contribution in [2.75, 3.05) is 13.2 Å². The molecule has 58 heavy (non-hydrogen) atoms. The van der Waals surface area contributed by atoms with E-state index in [0.29, 0.717) is 4.90 Å². The molecule has 1 aliphatic heterocycles. The number of amides is 1. The molecule has 6 rings (SSSR count). The molecule has 1 unspecified atom stereocenters. The number of nitrogens with one attached hydrogen (secondary N) is 1. The number of aromatic nitrogens is 2. The van der Waals surface area contributed by atoms with Gasteiger partial charge in [0.2, 0.25) is 5.91 Å². The van der Waals surface area contributed by atoms with Gasteiger partial charge in [-0.2, -0.15) is 0 Å². The number of carbonyl (C=O) groups excluding carboxylic acids is 5. The summed E-state index contributed by atoms with van der Waals surface area (Å²) in [6.07, 6.45) is -0.931. The summed E-state index contributed by atoms with van der Waals surface area (Å²) < 4.78 is 30.8. The van der Waals surface area contributed by atoms with Crippen molar-refractivity contribution in [3.05, 3.63) is 162 Å². The van der Waals surface area contributed by atoms with Gasteiger partial charge in [-0.1, -0.05) is 66.4 Å². The highest BCUT2D eigenvalue weighted by Gasteiger charge is 2.55. The molecule has 3 heterocycles. The minimum atomic E-state index is -1.73. The lowest BCUT2D eigenvalue weighted by Crippen LogP contribution is -2.67. The molecular weight excluding hydrogens is 767 g/mol. The molecule has 3 aromatic carbocycles. The molecule has 1 amide bonds. The molecule has 0 saturated carbocycles. The first kappa shape index (κ1) is 41.2. The zero-order valence-electron chi connectivity index (χ0n) is 31.1. The summed E-state index contributed by atoms with van der Waals surface area (Å²) in [6, 6.07) is 29.7. The van der Waals surface area contributed by atoms with Crippen LogP contribution in [-0.2, 0) is 28.5 Å². The zero-order valence-corrected chi connectivity index (χ0v) is 31.9. The molecule has 6 atom stereocenters. The third kappa shape index (κ3) is 10.7. The first-order valence-corrected chi connectivity index (χ1v) is 19.0. The number of nitrogens with zero attached hydrogens (tertiary/aromatic N) is 2. The number of esters is 4. The molecule has 14 nitrogen and oxygen atoms in total. The van der Waals surface area contributed by atoms with Gasteiger partial charge >= 0.3 is 23.9 Å². The Morgan fingerprint density at radius 3 is 1.81 bits per heavy atom. The van der Waals surface area contributed by atoms with Crippen LogP contribution in [0.3, 0.4) is 0 Å². The van der Waals surface area contributed by atoms with Crippen molar-refractivity contribution in [2.45, 2.75) is 53.6 Å². The van der Waals surface area contributed by atoms with E-state index in [9.17, 15) is 29.1 Å². The van der Waals surface area contributed by atoms with Crippen molar-refractivity contribution < 1.29 is 52.8 Å². The molecule has 2 aromatic heterocycles. The fraction of sp³-hybridized carbons (Fsp3) is 0.233. The summed E-state index contributed by atoms with van der Waals surface area (Å²) in [7, 11) is 0. The van der Waals surface area contributed by atoms with E-state index in [0.717, 1.165) is 11.8 Å². The zero-order chi connectivity index (χ0) is 40.9. The van der Waals surface area contributed by atoms with Crippen molar-refractivity contribution in [3.63, 3.8) is 0 Å². The summed E-state index contributed by atoms with van der Waals surface area (Å²) in [5.74, 6) is -4.00. The fourth-order valence-corrected chi connectivity index (χ4v) is 7.42. The molecule has 2 N–H and O–H groups in total. The Morgan fingerprint density at radius 2 is 1.28 bits per heavy atom. The lowest BCUT2D eigenvalue weighted by Gasteiger charge is -2.49. The van der Waals surface area contributed by atoms with E-state index in [2.05, 4.69) is 15.3 Å². The number of hydrogen-bond acceptors (Lipinski definition) is 14. The Bertz CT molecular complexity index is 2150. The molecule has 1 saturated heterocycles. The van der Waals surface area contributed by atoms with Gasteiger partial charge in [0.1, 0.15) is 23.7 Å². The smallest absolute Gasteiger partial charge is 0.340 e. The third-order valence-corrected chi connectivity index (χ3v) is 10.2. The Hall–Kier alpha value is -6.42. The normalized spacial score (nSPS) is 19.7. The van der Waals surface area contributed by atoms with Gasteiger partial charge < -0.3 is 34.1 Å². The largest absolute Gasteiger partial charge is 0.458 e. The standard InChI is InChI=1S/C43H39N3O11S/c1-28(48)46-36-34(54-40(50)30-15-7-3-8-16-30)23-43(27-47,58-33-19-9-4-10-20-33)57-38(36)37(56-42(52)32-18-12-22-45-25-32)35(55-41(51)31-17-11-21-44-24-31)26-53-39(49)29-13-5-2-6-14-29/h2-22,24-25,34-38,47H,23,26-27H2,1H3,(H,46,48)/t34-,35+,36+,37+,38+,43?/m0/s1. The molecule has 1 fully saturated rings. The lowest BCUT2D eigenvalue weighted by atomic mass is 9.89. The van der Waals surface area contributed by atoms with Crippen LogP contribution < -0.4 is 5.32 Å². The van der Waals surface area contributed by atoms with E-state index in [4.69, 9.17) is 23.7 Å². The molecule has 15 heteroatoms. The number of rotatable bonds is 15. The maximum Gasteiger partial charge on any atom is 0.340 e. The van der Waals surface area contributed by atoms with Crippen molar-refractivity contribution >= 4 is 41.5 Å². The first-order valence-electron chi connectivity index (χ1n) is 18.1. The monoisotopic (exact) mass is 805 g/mol. The quantitative estimate of drug-likeness (QED) is 0.105. The van der Waals surface area contributed by atoms with Crippen molar-refractivity contribution in [2.24, 2.45) is 0 Å². The van der Waals surface area contributed by atoms with Crippen LogP contribution in [0.4, 0.5) is 0 Å². The average Bonchev–Trinajstić information content (AvgIpc) is 3.26. The fourth-order valence-electron chi connectivity index (χ4n) is 6.22. The van der Waals surface area contributed by atoms with Gasteiger partial charge in [0, 0.05) is 43.0 Å². The van der Waals surface area contributed by atoms with E-state index in [1.165, 1.54) is 68.1 Å². The number of hydrogen-bond donors (Lipinski definition) is 2. The van der Waals surface area contributed by atoms with Crippen LogP contribution in [0.15, 0.2) is 145 Å². The van der Waals surface area contributed by atoms with E-state index < -0.39 is 78.4 Å². The summed E-state index contributed by atoms with van der Waals surface area (Å²) in [5.41, 5.74) is 0.395. The highest BCUT2D eigenvalue weighted by molar-refractivity contribution is 8.00. The number of aliphatic hydroxyl groups is 1. The van der Waals surface area contributed by atoms with Crippen molar-refractivity contribution in [3.8, 4) is 0 Å². The molecular formula is C43H39N3O11S. The van der Waals surface area contributed by atoms with Crippen LogP contribution in [0.25, 0.3) is 0 Å². The average molecular weight is 806 g/mol. The Balaban J connectivity index is 1.48. The highest BCUT2D eigenvalue weighted by atomic mass is 32.2. The van der Waals surface area contributed by atoms with Crippen molar-refractivity contribution in [1.82, 2.24) is 15.3 Å². The van der Waals surface area contributed by atoms with Crippen LogP contribution >= 0.6 is 11.8 Å². The summed E-state index contributed by atoms with van der Waals surface area (Å²) in [4.78, 5) is 74.9. The maximum atomic E-state index is 14.0. The SMILES string of the molecule is CC(=O)N[C@H]1[C@H]([C@H](OC(=O)c2cccnc2)[C@@H](COC(=O)c2ccccc2)OC(=O)c2cccnc2)OC(CO)(Sc2ccccc2)C[C@@H]1OC(=O)c1ccccc1. The lowest BCUT2D eigenvalue weighted by molar-refractivity contribution is -0.201. The molecule has 5 aromatic rings. The topological polar surface area (TPSA) is 190 Å². The summed E-state index contributed by atoms with van der Waals surface area (Å²) >= 11 is 1.11. The minimum Gasteiger partial charge on any atom is -0.458 e. The predicted octanol–water partition coefficient (Wildman–Crippen LogP) is 5.08. The molecule has 0 spiro atoms. The van der Waals surface area contributed by atoms with E-state index in [-0.39, 0.29) is 28.7 Å². The van der Waals surface area contributed by atoms with E-state index in [1.807, 2.05) is 6.07 Å². The molecule has 1 aliphatic rings. The van der Waals surface area contributed by atoms with Crippen LogP contribution in [0, 0.1) is 0 Å². The van der Waals surface area contributed by atoms with Gasteiger partial charge in [-0.25, -0.2) is 19.2 Å². The van der Waals surface area contributed by atoms with Crippen LogP contribution in [0.5, 0.6) is 0 Å². The molecule has 298 valence electrons. The van der Waals surface area contributed by atoms with Gasteiger partial charge in [0.05, 0.1) is 34.9 Å². The number of thioether (sulfide) groups is 1. The Kier molecular flexibility index (Phi) is 14.0. The Labute approximate surface area is 337 Å². The van der Waals surface area contributed by atoms with E-state index in [1.54, 1.807) is 72.8 Å². The number of pyridine rings is 2. The Morgan fingerprint density at radius 1 is 0.741 bits per heavy atom. The highest BCUT2D eigenvalue weighted by Crippen LogP contribution is 2.45. The minimum absolute atomic E-state index is 0.00265. The third-order valence-electron chi connectivity index (χ3n) is 8.92. The van der Waals surface area contributed by atoms with Gasteiger partial charge in [0.25, 0.3) is 0 Å². The number of carbonyl (C=O) groups is 5. The summed E-state index contributed by atoms with van der Waals surface area (Å²) in [5, 5.41) is 14.0. The van der Waals surface area contributed by atoms with Gasteiger partial charge in [0.15, 0.2) is 12.2 Å². The van der Waals surface area contributed by atoms with Gasteiger partial charge in [-0.3, -0.25) is 14.8 Å². The summed E-state index contributed by atoms with van der Waals surface area (Å²) in [6.45, 7) is -0.122. The molecule has 0 bridgehead atoms. The second kappa shape index (κ2) is 19.6. The van der Waals surface area contributed by atoms with Crippen molar-refractivity contribution in [1.29, 1.82) is 0 Å². The second-order valence-corrected chi connectivity index (χ2v) is 14.5. The van der Waals surface area contributed by atoms with Crippen LogP contribution in [0.1, 0.15) is 54.8 Å².